The molecule has 2 aromatic rings. The number of carbonyl (C=O) groups excluding carboxylic acids is 2. The molecule has 0 aromatic heterocycles. The molecule has 2 amide bonds. The van der Waals surface area contributed by atoms with E-state index in [0.717, 1.165) is 47.9 Å². The summed E-state index contributed by atoms with van der Waals surface area (Å²) in [6.07, 6.45) is 4.11. The van der Waals surface area contributed by atoms with Crippen LogP contribution in [0.5, 0.6) is 0 Å². The van der Waals surface area contributed by atoms with Crippen molar-refractivity contribution in [1.82, 2.24) is 10.2 Å². The van der Waals surface area contributed by atoms with E-state index < -0.39 is 23.6 Å². The first-order valence-electron chi connectivity index (χ1n) is 12.7. The average molecular weight is 475 g/mol. The summed E-state index contributed by atoms with van der Waals surface area (Å²) in [5.74, 6) is -0.862. The zero-order valence-corrected chi connectivity index (χ0v) is 19.6. The first kappa shape index (κ1) is 22.1. The molecule has 7 heteroatoms. The van der Waals surface area contributed by atoms with E-state index in [2.05, 4.69) is 29.6 Å². The van der Waals surface area contributed by atoms with Crippen LogP contribution in [0.4, 0.5) is 4.79 Å². The van der Waals surface area contributed by atoms with Gasteiger partial charge >= 0.3 is 12.1 Å². The molecule has 1 saturated heterocycles. The Morgan fingerprint density at radius 3 is 2.31 bits per heavy atom. The van der Waals surface area contributed by atoms with Gasteiger partial charge in [0.05, 0.1) is 0 Å². The molecule has 7 nitrogen and oxygen atoms in total. The van der Waals surface area contributed by atoms with Crippen molar-refractivity contribution in [3.63, 3.8) is 0 Å². The summed E-state index contributed by atoms with van der Waals surface area (Å²) in [7, 11) is 0. The SMILES string of the molecule is O=C(NC(CC1CC1)C(=O)N1CCCC2CC21C(=O)O)OCC1c2ccccc2-c2ccccc21. The van der Waals surface area contributed by atoms with Gasteiger partial charge in [-0.1, -0.05) is 61.4 Å². The van der Waals surface area contributed by atoms with Crippen LogP contribution in [0.1, 0.15) is 55.6 Å². The average Bonchev–Trinajstić information content (AvgIpc) is 3.78. The number of carboxylic acid groups (broad SMARTS) is 1. The molecule has 3 fully saturated rings. The number of carbonyl (C=O) groups is 3. The Labute approximate surface area is 204 Å². The molecule has 2 N–H and O–H groups in total. The smallest absolute Gasteiger partial charge is 0.407 e. The number of carboxylic acids is 1. The highest BCUT2D eigenvalue weighted by Gasteiger charge is 2.67. The largest absolute Gasteiger partial charge is 0.479 e. The number of alkyl carbamates (subject to hydrolysis) is 1. The van der Waals surface area contributed by atoms with Gasteiger partial charge < -0.3 is 20.1 Å². The summed E-state index contributed by atoms with van der Waals surface area (Å²) in [6.45, 7) is 0.601. The fourth-order valence-electron chi connectivity index (χ4n) is 6.25. The van der Waals surface area contributed by atoms with Gasteiger partial charge in [-0.2, -0.15) is 0 Å². The second-order valence-electron chi connectivity index (χ2n) is 10.5. The standard InChI is InChI=1S/C28H30N2O5/c31-25(30-13-5-6-18-15-28(18,30)26(32)33)24(14-17-11-12-17)29-27(34)35-16-23-21-9-3-1-7-19(21)20-8-2-4-10-22(20)23/h1-4,7-10,17-18,23-24H,5-6,11-16H2,(H,29,34)(H,32,33). The normalized spacial score (nSPS) is 25.1. The van der Waals surface area contributed by atoms with Crippen LogP contribution < -0.4 is 5.32 Å². The third kappa shape index (κ3) is 3.77. The van der Waals surface area contributed by atoms with E-state index in [0.29, 0.717) is 25.3 Å². The van der Waals surface area contributed by atoms with Crippen molar-refractivity contribution in [2.45, 2.75) is 56.0 Å². The first-order valence-corrected chi connectivity index (χ1v) is 12.7. The minimum absolute atomic E-state index is 0.0220. The second-order valence-corrected chi connectivity index (χ2v) is 10.5. The van der Waals surface area contributed by atoms with Crippen molar-refractivity contribution in [2.75, 3.05) is 13.2 Å². The van der Waals surface area contributed by atoms with Crippen LogP contribution in [0, 0.1) is 11.8 Å². The van der Waals surface area contributed by atoms with Gasteiger partial charge in [0.1, 0.15) is 18.2 Å². The van der Waals surface area contributed by atoms with E-state index in [4.69, 9.17) is 4.74 Å². The van der Waals surface area contributed by atoms with Crippen LogP contribution in [-0.2, 0) is 14.3 Å². The van der Waals surface area contributed by atoms with Gasteiger partial charge in [0, 0.05) is 12.5 Å². The number of hydrogen-bond donors (Lipinski definition) is 2. The van der Waals surface area contributed by atoms with E-state index in [1.54, 1.807) is 0 Å². The molecular weight excluding hydrogens is 444 g/mol. The zero-order chi connectivity index (χ0) is 24.2. The maximum Gasteiger partial charge on any atom is 0.407 e. The maximum atomic E-state index is 13.5. The van der Waals surface area contributed by atoms with Crippen LogP contribution in [0.25, 0.3) is 11.1 Å². The number of benzene rings is 2. The Balaban J connectivity index is 1.16. The molecule has 182 valence electrons. The van der Waals surface area contributed by atoms with Crippen molar-refractivity contribution >= 4 is 18.0 Å². The third-order valence-electron chi connectivity index (χ3n) is 8.32. The lowest BCUT2D eigenvalue weighted by molar-refractivity contribution is -0.155. The highest BCUT2D eigenvalue weighted by Crippen LogP contribution is 2.54. The molecule has 4 aliphatic rings. The molecule has 3 unspecified atom stereocenters. The minimum Gasteiger partial charge on any atom is -0.479 e. The lowest BCUT2D eigenvalue weighted by Gasteiger charge is -2.36. The lowest BCUT2D eigenvalue weighted by atomic mass is 9.98. The number of ether oxygens (including phenoxy) is 1. The van der Waals surface area contributed by atoms with E-state index in [9.17, 15) is 19.5 Å². The predicted molar refractivity (Wildman–Crippen MR) is 129 cm³/mol. The van der Waals surface area contributed by atoms with Crippen LogP contribution in [-0.4, -0.2) is 52.7 Å². The van der Waals surface area contributed by atoms with Crippen molar-refractivity contribution in [3.8, 4) is 11.1 Å². The summed E-state index contributed by atoms with van der Waals surface area (Å²) in [6, 6.07) is 15.5. The summed E-state index contributed by atoms with van der Waals surface area (Å²) in [5, 5.41) is 12.7. The predicted octanol–water partition coefficient (Wildman–Crippen LogP) is 4.16. The number of aliphatic carboxylic acids is 1. The number of amides is 2. The Morgan fingerprint density at radius 1 is 1.03 bits per heavy atom. The number of rotatable bonds is 7. The molecule has 6 rings (SSSR count). The molecular formula is C28H30N2O5. The van der Waals surface area contributed by atoms with Crippen molar-refractivity contribution in [2.24, 2.45) is 11.8 Å². The fraction of sp³-hybridized carbons (Fsp3) is 0.464. The van der Waals surface area contributed by atoms with Crippen molar-refractivity contribution in [1.29, 1.82) is 0 Å². The molecule has 1 heterocycles. The van der Waals surface area contributed by atoms with Crippen LogP contribution in [0.2, 0.25) is 0 Å². The molecule has 0 radical (unpaired) electrons. The number of hydrogen-bond acceptors (Lipinski definition) is 4. The Morgan fingerprint density at radius 2 is 1.69 bits per heavy atom. The maximum absolute atomic E-state index is 13.5. The van der Waals surface area contributed by atoms with Gasteiger partial charge in [0.2, 0.25) is 5.91 Å². The van der Waals surface area contributed by atoms with E-state index >= 15 is 0 Å². The van der Waals surface area contributed by atoms with Crippen LogP contribution in [0.3, 0.4) is 0 Å². The highest BCUT2D eigenvalue weighted by molar-refractivity contribution is 5.94. The number of fused-ring (bicyclic) bond motifs is 4. The Bertz CT molecular complexity index is 1150. The molecule has 0 spiro atoms. The minimum atomic E-state index is -1.08. The summed E-state index contributed by atoms with van der Waals surface area (Å²) in [4.78, 5) is 40.0. The molecule has 1 aliphatic heterocycles. The molecule has 2 saturated carbocycles. The summed E-state index contributed by atoms with van der Waals surface area (Å²) >= 11 is 0. The number of piperidine rings is 1. The molecule has 3 aliphatic carbocycles. The van der Waals surface area contributed by atoms with Gasteiger partial charge in [0.25, 0.3) is 0 Å². The topological polar surface area (TPSA) is 95.9 Å². The molecule has 0 bridgehead atoms. The van der Waals surface area contributed by atoms with Gasteiger partial charge in [-0.3, -0.25) is 4.79 Å². The van der Waals surface area contributed by atoms with E-state index in [1.165, 1.54) is 4.90 Å². The van der Waals surface area contributed by atoms with Gasteiger partial charge in [-0.05, 0) is 59.8 Å². The fourth-order valence-corrected chi connectivity index (χ4v) is 6.25. The van der Waals surface area contributed by atoms with Crippen molar-refractivity contribution in [3.05, 3.63) is 59.7 Å². The molecule has 35 heavy (non-hydrogen) atoms. The number of likely N-dealkylation sites (tertiary alicyclic amines) is 1. The van der Waals surface area contributed by atoms with Gasteiger partial charge in [0.15, 0.2) is 0 Å². The molecule has 3 atom stereocenters. The quantitative estimate of drug-likeness (QED) is 0.628. The van der Waals surface area contributed by atoms with E-state index in [1.807, 2.05) is 24.3 Å². The summed E-state index contributed by atoms with van der Waals surface area (Å²) < 4.78 is 5.68. The van der Waals surface area contributed by atoms with Gasteiger partial charge in [-0.25, -0.2) is 9.59 Å². The molecule has 2 aromatic carbocycles. The Hall–Kier alpha value is -3.35. The number of nitrogens with zero attached hydrogens (tertiary/aromatic N) is 1. The Kier molecular flexibility index (Phi) is 5.31. The van der Waals surface area contributed by atoms with Crippen LogP contribution >= 0.6 is 0 Å². The monoisotopic (exact) mass is 474 g/mol. The lowest BCUT2D eigenvalue weighted by Crippen LogP contribution is -2.57. The van der Waals surface area contributed by atoms with Crippen molar-refractivity contribution < 1.29 is 24.2 Å². The van der Waals surface area contributed by atoms with Crippen LogP contribution in [0.15, 0.2) is 48.5 Å². The summed E-state index contributed by atoms with van der Waals surface area (Å²) in [5.41, 5.74) is 3.48. The third-order valence-corrected chi connectivity index (χ3v) is 8.32. The second kappa shape index (κ2) is 8.40. The van der Waals surface area contributed by atoms with Gasteiger partial charge in [-0.15, -0.1) is 0 Å². The zero-order valence-electron chi connectivity index (χ0n) is 19.6. The highest BCUT2D eigenvalue weighted by atomic mass is 16.5. The number of nitrogens with one attached hydrogen (secondary N) is 1. The van der Waals surface area contributed by atoms with E-state index in [-0.39, 0.29) is 24.3 Å². The first-order chi connectivity index (χ1) is 17.0.